The first-order valence-corrected chi connectivity index (χ1v) is 27.0. The highest BCUT2D eigenvalue weighted by Crippen LogP contribution is 2.24. The van der Waals surface area contributed by atoms with Crippen molar-refractivity contribution in [3.63, 3.8) is 0 Å². The van der Waals surface area contributed by atoms with Gasteiger partial charge >= 0.3 is 11.9 Å². The summed E-state index contributed by atoms with van der Waals surface area (Å²) in [5, 5.41) is 31.0. The van der Waals surface area contributed by atoms with E-state index in [1.165, 1.54) is 109 Å². The van der Waals surface area contributed by atoms with Crippen molar-refractivity contribution in [2.75, 3.05) is 19.0 Å². The summed E-state index contributed by atoms with van der Waals surface area (Å²) in [4.78, 5) is 25.5. The number of ether oxygens (including phenoxy) is 4. The summed E-state index contributed by atoms with van der Waals surface area (Å²) >= 11 is 0. The summed E-state index contributed by atoms with van der Waals surface area (Å²) in [6.07, 6.45) is 42.7. The van der Waals surface area contributed by atoms with Crippen LogP contribution in [0, 0.1) is 0 Å². The van der Waals surface area contributed by atoms with Crippen LogP contribution in [0.4, 0.5) is 0 Å². The van der Waals surface area contributed by atoms with E-state index in [-0.39, 0.29) is 19.4 Å². The second-order valence-electron chi connectivity index (χ2n) is 17.5. The number of allylic oxidation sites excluding steroid dienone is 10. The number of esters is 2. The summed E-state index contributed by atoms with van der Waals surface area (Å²) in [7, 11) is -4.61. The van der Waals surface area contributed by atoms with Gasteiger partial charge in [0.15, 0.2) is 12.4 Å². The summed E-state index contributed by atoms with van der Waals surface area (Å²) in [6, 6.07) is 0. The first-order valence-electron chi connectivity index (χ1n) is 25.3. The van der Waals surface area contributed by atoms with E-state index < -0.39 is 71.2 Å². The second kappa shape index (κ2) is 41.5. The Morgan fingerprint density at radius 1 is 0.523 bits per heavy atom. The van der Waals surface area contributed by atoms with Crippen molar-refractivity contribution in [1.29, 1.82) is 0 Å². The Kier molecular flexibility index (Phi) is 38.6. The topological polar surface area (TPSA) is 186 Å². The number of aliphatic hydroxyl groups excluding tert-OH is 3. The van der Waals surface area contributed by atoms with Crippen molar-refractivity contribution in [3.05, 3.63) is 60.8 Å². The van der Waals surface area contributed by atoms with E-state index in [1.54, 1.807) is 0 Å². The van der Waals surface area contributed by atoms with Crippen molar-refractivity contribution in [2.24, 2.45) is 0 Å². The van der Waals surface area contributed by atoms with Crippen LogP contribution in [-0.4, -0.2) is 96.0 Å². The molecular weight excluding hydrogens is 849 g/mol. The molecule has 0 saturated carbocycles. The lowest BCUT2D eigenvalue weighted by molar-refractivity contribution is -0.297. The van der Waals surface area contributed by atoms with Crippen LogP contribution < -0.4 is 0 Å². The van der Waals surface area contributed by atoms with Crippen LogP contribution in [0.3, 0.4) is 0 Å². The molecule has 376 valence electrons. The van der Waals surface area contributed by atoms with Gasteiger partial charge in [0, 0.05) is 12.8 Å². The molecule has 0 spiro atoms. The zero-order chi connectivity index (χ0) is 47.6. The van der Waals surface area contributed by atoms with Gasteiger partial charge in [-0.25, -0.2) is 0 Å². The van der Waals surface area contributed by atoms with Gasteiger partial charge in [-0.2, -0.15) is 8.42 Å². The molecule has 0 bridgehead atoms. The van der Waals surface area contributed by atoms with Crippen molar-refractivity contribution in [1.82, 2.24) is 0 Å². The van der Waals surface area contributed by atoms with Gasteiger partial charge in [0.05, 0.1) is 6.61 Å². The second-order valence-corrected chi connectivity index (χ2v) is 19.0. The largest absolute Gasteiger partial charge is 0.462 e. The molecule has 1 saturated heterocycles. The van der Waals surface area contributed by atoms with Crippen molar-refractivity contribution >= 4 is 22.1 Å². The average molecular weight is 939 g/mol. The summed E-state index contributed by atoms with van der Waals surface area (Å²) in [6.45, 7) is 3.69. The molecule has 6 atom stereocenters. The first-order chi connectivity index (χ1) is 31.5. The fourth-order valence-corrected chi connectivity index (χ4v) is 8.12. The fourth-order valence-electron chi connectivity index (χ4n) is 7.42. The normalized spacial score (nSPS) is 20.0. The molecule has 0 aromatic rings. The van der Waals surface area contributed by atoms with Gasteiger partial charge in [0.2, 0.25) is 0 Å². The zero-order valence-electron chi connectivity index (χ0n) is 40.3. The average Bonchev–Trinajstić information content (AvgIpc) is 3.27. The van der Waals surface area contributed by atoms with E-state index in [1.807, 2.05) is 12.2 Å². The third-order valence-electron chi connectivity index (χ3n) is 11.4. The lowest BCUT2D eigenvalue weighted by atomic mass is 10.00. The minimum absolute atomic E-state index is 0.0950. The van der Waals surface area contributed by atoms with E-state index in [4.69, 9.17) is 18.9 Å². The van der Waals surface area contributed by atoms with Gasteiger partial charge in [-0.15, -0.1) is 0 Å². The molecule has 4 N–H and O–H groups in total. The van der Waals surface area contributed by atoms with E-state index in [0.717, 1.165) is 51.4 Å². The molecule has 1 aliphatic heterocycles. The van der Waals surface area contributed by atoms with Crippen LogP contribution >= 0.6 is 0 Å². The number of aliphatic hydroxyl groups is 3. The van der Waals surface area contributed by atoms with Crippen molar-refractivity contribution in [2.45, 2.75) is 237 Å². The summed E-state index contributed by atoms with van der Waals surface area (Å²) in [5.41, 5.74) is 0. The highest BCUT2D eigenvalue weighted by Gasteiger charge is 2.46. The molecule has 0 aromatic heterocycles. The lowest BCUT2D eigenvalue weighted by Gasteiger charge is -2.40. The Bertz CT molecular complexity index is 1420. The Morgan fingerprint density at radius 2 is 0.954 bits per heavy atom. The van der Waals surface area contributed by atoms with Gasteiger partial charge in [-0.3, -0.25) is 14.1 Å². The third kappa shape index (κ3) is 36.1. The van der Waals surface area contributed by atoms with Crippen molar-refractivity contribution in [3.8, 4) is 0 Å². The number of hydrogen-bond acceptors (Lipinski definition) is 11. The molecule has 0 amide bonds. The molecule has 12 nitrogen and oxygen atoms in total. The summed E-state index contributed by atoms with van der Waals surface area (Å²) < 4.78 is 54.1. The van der Waals surface area contributed by atoms with Gasteiger partial charge in [0.25, 0.3) is 10.1 Å². The van der Waals surface area contributed by atoms with Gasteiger partial charge in [0.1, 0.15) is 36.8 Å². The van der Waals surface area contributed by atoms with E-state index in [9.17, 15) is 37.9 Å². The van der Waals surface area contributed by atoms with Crippen LogP contribution in [-0.2, 0) is 38.7 Å². The van der Waals surface area contributed by atoms with Crippen LogP contribution in [0.1, 0.15) is 200 Å². The SMILES string of the molecule is CCCCC/C=C/C/C=C/C/C=C/C/C=C/C/C=C/CCC(=O)OC[C@H](CO[C@H]1O[C@H](CS(=O)(=O)O)[C@@H](O)C(O)C1O)OC(=O)CCCCCCCCCCCCCCCCCCCC. The maximum atomic E-state index is 12.9. The van der Waals surface area contributed by atoms with Gasteiger partial charge in [-0.05, 0) is 51.4 Å². The number of unbranched alkanes of at least 4 members (excludes halogenated alkanes) is 20. The molecule has 2 unspecified atom stereocenters. The van der Waals surface area contributed by atoms with E-state index in [0.29, 0.717) is 12.8 Å². The summed E-state index contributed by atoms with van der Waals surface area (Å²) in [5.74, 6) is -2.08. The molecule has 1 heterocycles. The molecule has 13 heteroatoms. The predicted molar refractivity (Wildman–Crippen MR) is 261 cm³/mol. The molecule has 1 aliphatic rings. The quantitative estimate of drug-likeness (QED) is 0.0197. The molecule has 65 heavy (non-hydrogen) atoms. The fraction of sp³-hybridized carbons (Fsp3) is 0.769. The standard InChI is InChI=1S/C52H90O12S/c1-3-5-7-9-11-13-15-17-19-21-23-25-26-28-30-32-34-36-38-40-47(53)61-42-45(43-62-52-51(57)50(56)49(55)46(64-52)44-65(58,59)60)63-48(54)41-39-37-35-33-31-29-27-24-22-20-18-16-14-12-10-8-6-4-2/h11,13,17,19,23,25,28,30,34,36,45-46,49-52,55-57H,3-10,12,14-16,18,20-22,24,26-27,29,31-33,35,37-44H2,1-2H3,(H,58,59,60)/b13-11+,19-17+,25-23+,30-28+,36-34+/t45-,46-,49-,50?,51?,52+/m1/s1. The van der Waals surface area contributed by atoms with Crippen LogP contribution in [0.25, 0.3) is 0 Å². The highest BCUT2D eigenvalue weighted by molar-refractivity contribution is 7.85. The third-order valence-corrected chi connectivity index (χ3v) is 12.1. The smallest absolute Gasteiger partial charge is 0.306 e. The zero-order valence-corrected chi connectivity index (χ0v) is 41.1. The minimum atomic E-state index is -4.61. The molecular formula is C52H90O12S. The number of hydrogen-bond donors (Lipinski definition) is 4. The number of rotatable bonds is 42. The lowest BCUT2D eigenvalue weighted by Crippen LogP contribution is -2.60. The van der Waals surface area contributed by atoms with Crippen LogP contribution in [0.15, 0.2) is 60.8 Å². The Labute approximate surface area is 394 Å². The maximum Gasteiger partial charge on any atom is 0.306 e. The Morgan fingerprint density at radius 3 is 1.43 bits per heavy atom. The van der Waals surface area contributed by atoms with E-state index >= 15 is 0 Å². The number of carbonyl (C=O) groups excluding carboxylic acids is 2. The van der Waals surface area contributed by atoms with Gasteiger partial charge < -0.3 is 34.3 Å². The molecule has 0 aromatic carbocycles. The maximum absolute atomic E-state index is 12.9. The van der Waals surface area contributed by atoms with Crippen LogP contribution in [0.2, 0.25) is 0 Å². The monoisotopic (exact) mass is 939 g/mol. The molecule has 0 aliphatic carbocycles. The molecule has 1 fully saturated rings. The Hall–Kier alpha value is -2.65. The Balaban J connectivity index is 2.44. The minimum Gasteiger partial charge on any atom is -0.462 e. The number of carbonyl (C=O) groups is 2. The van der Waals surface area contributed by atoms with E-state index in [2.05, 4.69) is 62.5 Å². The molecule has 1 rings (SSSR count). The van der Waals surface area contributed by atoms with Crippen molar-refractivity contribution < 1.29 is 56.8 Å². The predicted octanol–water partition coefficient (Wildman–Crippen LogP) is 11.3. The first kappa shape index (κ1) is 60.4. The highest BCUT2D eigenvalue weighted by atomic mass is 32.2. The molecule has 0 radical (unpaired) electrons. The van der Waals surface area contributed by atoms with Gasteiger partial charge in [-0.1, -0.05) is 197 Å². The van der Waals surface area contributed by atoms with Crippen LogP contribution in [0.5, 0.6) is 0 Å².